The molecule has 0 saturated carbocycles. The van der Waals surface area contributed by atoms with E-state index in [1.54, 1.807) is 13.8 Å². The molecule has 174 valence electrons. The lowest BCUT2D eigenvalue weighted by Gasteiger charge is -2.12. The molecule has 3 N–H and O–H groups in total. The number of aromatic amines is 1. The van der Waals surface area contributed by atoms with Gasteiger partial charge < -0.3 is 24.9 Å². The molecular formula is C21H21N3O7S2. The van der Waals surface area contributed by atoms with Crippen LogP contribution in [-0.4, -0.2) is 58.8 Å². The monoisotopic (exact) mass is 491 g/mol. The maximum Gasteiger partial charge on any atom is 0.348 e. The molecule has 3 aromatic rings. The number of phenols is 1. The van der Waals surface area contributed by atoms with Gasteiger partial charge in [-0.1, -0.05) is 11.8 Å². The molecule has 0 bridgehead atoms. The second-order valence-electron chi connectivity index (χ2n) is 6.88. The van der Waals surface area contributed by atoms with Crippen LogP contribution in [0.4, 0.5) is 5.69 Å². The van der Waals surface area contributed by atoms with Crippen molar-refractivity contribution in [2.75, 3.05) is 25.6 Å². The number of aryl methyl sites for hydroxylation is 1. The summed E-state index contributed by atoms with van der Waals surface area (Å²) in [5.74, 6) is -1.21. The molecule has 0 aliphatic carbocycles. The molecule has 1 unspecified atom stereocenters. The largest absolute Gasteiger partial charge is 0.506 e. The van der Waals surface area contributed by atoms with Crippen LogP contribution in [0.15, 0.2) is 28.2 Å². The third kappa shape index (κ3) is 5.59. The number of anilines is 1. The van der Waals surface area contributed by atoms with Crippen LogP contribution in [0.2, 0.25) is 0 Å². The van der Waals surface area contributed by atoms with Gasteiger partial charge in [-0.2, -0.15) is 0 Å². The van der Waals surface area contributed by atoms with Crippen molar-refractivity contribution in [3.05, 3.63) is 44.6 Å². The van der Waals surface area contributed by atoms with E-state index in [4.69, 9.17) is 9.47 Å². The van der Waals surface area contributed by atoms with Gasteiger partial charge in [0.15, 0.2) is 5.16 Å². The number of rotatable bonds is 9. The summed E-state index contributed by atoms with van der Waals surface area (Å²) in [5, 5.41) is 12.2. The first-order valence-electron chi connectivity index (χ1n) is 9.70. The van der Waals surface area contributed by atoms with Crippen molar-refractivity contribution in [1.82, 2.24) is 9.97 Å². The van der Waals surface area contributed by atoms with Crippen molar-refractivity contribution in [3.63, 3.8) is 0 Å². The van der Waals surface area contributed by atoms with Crippen molar-refractivity contribution in [3.8, 4) is 5.75 Å². The first-order chi connectivity index (χ1) is 15.7. The predicted octanol–water partition coefficient (Wildman–Crippen LogP) is 2.73. The lowest BCUT2D eigenvalue weighted by molar-refractivity contribution is -0.115. The minimum atomic E-state index is -0.704. The normalized spacial score (nSPS) is 11.8. The summed E-state index contributed by atoms with van der Waals surface area (Å²) in [5.41, 5.74) is 0.430. The lowest BCUT2D eigenvalue weighted by atomic mass is 10.2. The Morgan fingerprint density at radius 3 is 2.82 bits per heavy atom. The number of ether oxygens (including phenoxy) is 2. The van der Waals surface area contributed by atoms with Crippen molar-refractivity contribution >= 4 is 57.2 Å². The fourth-order valence-electron chi connectivity index (χ4n) is 2.84. The molecule has 2 aromatic heterocycles. The highest BCUT2D eigenvalue weighted by Gasteiger charge is 2.22. The van der Waals surface area contributed by atoms with E-state index in [1.807, 2.05) is 0 Å². The van der Waals surface area contributed by atoms with E-state index >= 15 is 0 Å². The Balaban J connectivity index is 1.78. The zero-order valence-corrected chi connectivity index (χ0v) is 19.6. The lowest BCUT2D eigenvalue weighted by Crippen LogP contribution is -2.23. The number of aldehydes is 1. The van der Waals surface area contributed by atoms with Crippen LogP contribution < -0.4 is 10.9 Å². The Hall–Kier alpha value is -3.22. The van der Waals surface area contributed by atoms with Gasteiger partial charge in [0, 0.05) is 12.7 Å². The molecule has 0 fully saturated rings. The van der Waals surface area contributed by atoms with Crippen molar-refractivity contribution in [2.45, 2.75) is 24.3 Å². The Morgan fingerprint density at radius 2 is 2.12 bits per heavy atom. The van der Waals surface area contributed by atoms with Crippen LogP contribution in [0.3, 0.4) is 0 Å². The molecule has 1 aromatic carbocycles. The molecule has 12 heteroatoms. The van der Waals surface area contributed by atoms with Crippen molar-refractivity contribution in [2.24, 2.45) is 0 Å². The van der Waals surface area contributed by atoms with Crippen molar-refractivity contribution < 1.29 is 29.0 Å². The number of aromatic nitrogens is 2. The number of fused-ring (bicyclic) bond motifs is 1. The molecule has 0 aliphatic rings. The predicted molar refractivity (Wildman–Crippen MR) is 125 cm³/mol. The maximum atomic E-state index is 12.6. The highest BCUT2D eigenvalue weighted by atomic mass is 32.2. The molecular weight excluding hydrogens is 470 g/mol. The second kappa shape index (κ2) is 10.6. The number of H-pyrrole nitrogens is 1. The number of hydrogen-bond donors (Lipinski definition) is 3. The Bertz CT molecular complexity index is 1270. The summed E-state index contributed by atoms with van der Waals surface area (Å²) < 4.78 is 9.99. The number of thiophene rings is 1. The van der Waals surface area contributed by atoms with Gasteiger partial charge >= 0.3 is 5.97 Å². The number of nitrogens with zero attached hydrogens (tertiary/aromatic N) is 1. The minimum Gasteiger partial charge on any atom is -0.506 e. The van der Waals surface area contributed by atoms with Gasteiger partial charge in [0.05, 0.1) is 22.9 Å². The minimum absolute atomic E-state index is 0.0891. The standard InChI is InChI=1S/C21H21N3O7S2/c1-10-15-18(28)23-21(24-19(15)33-16(10)20(29)31-7-6-30-3)32-11(2)17(27)22-13-8-12(9-25)4-5-14(13)26/h4-5,8-9,11,26H,6-7H2,1-3H3,(H,22,27)(H,23,24,28). The number of carbonyl (C=O) groups excluding carboxylic acids is 3. The molecule has 3 rings (SSSR count). The first kappa shape index (κ1) is 24.4. The van der Waals surface area contributed by atoms with Crippen molar-refractivity contribution in [1.29, 1.82) is 0 Å². The summed E-state index contributed by atoms with van der Waals surface area (Å²) in [4.78, 5) is 56.1. The molecule has 0 aliphatic heterocycles. The third-order valence-electron chi connectivity index (χ3n) is 4.56. The highest BCUT2D eigenvalue weighted by Crippen LogP contribution is 2.30. The number of hydrogen-bond acceptors (Lipinski definition) is 10. The average Bonchev–Trinajstić information content (AvgIpc) is 3.12. The summed E-state index contributed by atoms with van der Waals surface area (Å²) >= 11 is 2.04. The molecule has 2 heterocycles. The first-order valence-corrected chi connectivity index (χ1v) is 11.4. The summed E-state index contributed by atoms with van der Waals surface area (Å²) in [7, 11) is 1.49. The Kier molecular flexibility index (Phi) is 7.84. The Morgan fingerprint density at radius 1 is 1.36 bits per heavy atom. The van der Waals surface area contributed by atoms with Gasteiger partial charge in [-0.25, -0.2) is 9.78 Å². The highest BCUT2D eigenvalue weighted by molar-refractivity contribution is 8.00. The molecule has 1 atom stereocenters. The number of methoxy groups -OCH3 is 1. The van der Waals surface area contributed by atoms with E-state index in [0.29, 0.717) is 22.2 Å². The quantitative estimate of drug-likeness (QED) is 0.103. The van der Waals surface area contributed by atoms with Crippen LogP contribution in [0.1, 0.15) is 32.5 Å². The van der Waals surface area contributed by atoms with Gasteiger partial charge in [0.1, 0.15) is 28.4 Å². The number of aromatic hydroxyl groups is 1. The summed E-state index contributed by atoms with van der Waals surface area (Å²) in [6.07, 6.45) is 0.599. The fourth-order valence-corrected chi connectivity index (χ4v) is 4.77. The molecule has 0 radical (unpaired) electrons. The zero-order valence-electron chi connectivity index (χ0n) is 18.0. The smallest absolute Gasteiger partial charge is 0.348 e. The van der Waals surface area contributed by atoms with Crippen LogP contribution in [-0.2, 0) is 14.3 Å². The summed E-state index contributed by atoms with van der Waals surface area (Å²) in [6, 6.07) is 4.08. The second-order valence-corrected chi connectivity index (χ2v) is 9.21. The molecule has 0 spiro atoms. The zero-order chi connectivity index (χ0) is 24.1. The molecule has 10 nitrogen and oxygen atoms in total. The van der Waals surface area contributed by atoms with Gasteiger partial charge in [0.25, 0.3) is 5.56 Å². The third-order valence-corrected chi connectivity index (χ3v) is 6.71. The van der Waals surface area contributed by atoms with Crippen LogP contribution >= 0.6 is 23.1 Å². The maximum absolute atomic E-state index is 12.6. The number of nitrogens with one attached hydrogen (secondary N) is 2. The number of esters is 1. The van der Waals surface area contributed by atoms with E-state index in [1.165, 1.54) is 25.3 Å². The number of phenolic OH excluding ortho intramolecular Hbond substituents is 1. The Labute approximate surface area is 196 Å². The van der Waals surface area contributed by atoms with E-state index in [0.717, 1.165) is 23.1 Å². The van der Waals surface area contributed by atoms with Crippen LogP contribution in [0.5, 0.6) is 5.75 Å². The average molecular weight is 492 g/mol. The van der Waals surface area contributed by atoms with Gasteiger partial charge in [-0.05, 0) is 37.6 Å². The molecule has 1 amide bonds. The van der Waals surface area contributed by atoms with Crippen LogP contribution in [0.25, 0.3) is 10.2 Å². The number of carbonyl (C=O) groups is 3. The SMILES string of the molecule is COCCOC(=O)c1sc2nc(SC(C)C(=O)Nc3cc(C=O)ccc3O)[nH]c(=O)c2c1C. The van der Waals surface area contributed by atoms with Gasteiger partial charge in [-0.15, -0.1) is 11.3 Å². The fraction of sp³-hybridized carbons (Fsp3) is 0.286. The number of thioether (sulfide) groups is 1. The number of benzene rings is 1. The van der Waals surface area contributed by atoms with Gasteiger partial charge in [-0.3, -0.25) is 14.4 Å². The van der Waals surface area contributed by atoms with Crippen LogP contribution in [0, 0.1) is 6.92 Å². The van der Waals surface area contributed by atoms with E-state index in [-0.39, 0.29) is 40.1 Å². The molecule has 0 saturated heterocycles. The van der Waals surface area contributed by atoms with E-state index in [2.05, 4.69) is 15.3 Å². The van der Waals surface area contributed by atoms with Gasteiger partial charge in [0.2, 0.25) is 5.91 Å². The number of amides is 1. The van der Waals surface area contributed by atoms with E-state index in [9.17, 15) is 24.3 Å². The summed E-state index contributed by atoms with van der Waals surface area (Å²) in [6.45, 7) is 3.59. The van der Waals surface area contributed by atoms with E-state index < -0.39 is 22.7 Å². The molecule has 33 heavy (non-hydrogen) atoms. The topological polar surface area (TPSA) is 148 Å².